The second-order valence-electron chi connectivity index (χ2n) is 4.38. The summed E-state index contributed by atoms with van der Waals surface area (Å²) in [7, 11) is 0. The van der Waals surface area contributed by atoms with Crippen LogP contribution in [0.2, 0.25) is 0 Å². The molecule has 1 saturated carbocycles. The van der Waals surface area contributed by atoms with Crippen LogP contribution in [0.3, 0.4) is 0 Å². The normalized spacial score (nSPS) is 19.0. The van der Waals surface area contributed by atoms with Gasteiger partial charge in [-0.25, -0.2) is 4.79 Å². The standard InChI is InChI=1S/C11H19NO3/c1-9(10(14)15)6-12-7-11(8-13)4-2-3-5-11/h12-13H,1-8H2,(H,14,15). The predicted octanol–water partition coefficient (Wildman–Crippen LogP) is 0.769. The van der Waals surface area contributed by atoms with Gasteiger partial charge in [0, 0.05) is 30.7 Å². The number of aliphatic carboxylic acids is 1. The predicted molar refractivity (Wildman–Crippen MR) is 57.6 cm³/mol. The van der Waals surface area contributed by atoms with Crippen LogP contribution >= 0.6 is 0 Å². The van der Waals surface area contributed by atoms with Crippen LogP contribution in [0.5, 0.6) is 0 Å². The molecule has 0 saturated heterocycles. The minimum Gasteiger partial charge on any atom is -0.478 e. The third kappa shape index (κ3) is 3.32. The molecule has 0 spiro atoms. The summed E-state index contributed by atoms with van der Waals surface area (Å²) in [5, 5.41) is 21.0. The number of carboxylic acids is 1. The van der Waals surface area contributed by atoms with E-state index in [4.69, 9.17) is 5.11 Å². The van der Waals surface area contributed by atoms with Crippen LogP contribution in [-0.4, -0.2) is 35.9 Å². The van der Waals surface area contributed by atoms with E-state index in [1.807, 2.05) is 0 Å². The monoisotopic (exact) mass is 213 g/mol. The van der Waals surface area contributed by atoms with Gasteiger partial charge >= 0.3 is 5.97 Å². The highest BCUT2D eigenvalue weighted by atomic mass is 16.4. The molecule has 1 aliphatic carbocycles. The molecule has 1 aliphatic rings. The van der Waals surface area contributed by atoms with Gasteiger partial charge in [0.25, 0.3) is 0 Å². The van der Waals surface area contributed by atoms with Gasteiger partial charge in [0.15, 0.2) is 0 Å². The summed E-state index contributed by atoms with van der Waals surface area (Å²) in [4.78, 5) is 10.5. The first kappa shape index (κ1) is 12.2. The van der Waals surface area contributed by atoms with Crippen molar-refractivity contribution in [3.8, 4) is 0 Å². The number of rotatable bonds is 6. The van der Waals surface area contributed by atoms with Gasteiger partial charge in [-0.3, -0.25) is 0 Å². The first-order valence-corrected chi connectivity index (χ1v) is 5.32. The van der Waals surface area contributed by atoms with Gasteiger partial charge in [-0.05, 0) is 12.8 Å². The highest BCUT2D eigenvalue weighted by molar-refractivity contribution is 5.86. The minimum absolute atomic E-state index is 0.0290. The second kappa shape index (κ2) is 5.28. The molecule has 0 unspecified atom stereocenters. The van der Waals surface area contributed by atoms with E-state index >= 15 is 0 Å². The lowest BCUT2D eigenvalue weighted by atomic mass is 9.87. The first-order chi connectivity index (χ1) is 7.09. The molecule has 1 fully saturated rings. The Kier molecular flexibility index (Phi) is 4.29. The number of hydrogen-bond acceptors (Lipinski definition) is 3. The van der Waals surface area contributed by atoms with Crippen molar-refractivity contribution in [1.29, 1.82) is 0 Å². The van der Waals surface area contributed by atoms with Gasteiger partial charge in [-0.15, -0.1) is 0 Å². The zero-order valence-corrected chi connectivity index (χ0v) is 8.96. The molecule has 1 rings (SSSR count). The summed E-state index contributed by atoms with van der Waals surface area (Å²) in [5.74, 6) is -0.966. The Bertz CT molecular complexity index is 244. The molecule has 0 aliphatic heterocycles. The van der Waals surface area contributed by atoms with E-state index in [0.29, 0.717) is 6.54 Å². The molecule has 0 aromatic rings. The Morgan fingerprint density at radius 2 is 2.00 bits per heavy atom. The van der Waals surface area contributed by atoms with Crippen molar-refractivity contribution in [2.75, 3.05) is 19.7 Å². The zero-order chi connectivity index (χ0) is 11.3. The van der Waals surface area contributed by atoms with Crippen LogP contribution in [0.25, 0.3) is 0 Å². The van der Waals surface area contributed by atoms with E-state index in [9.17, 15) is 9.90 Å². The van der Waals surface area contributed by atoms with E-state index in [1.165, 1.54) is 0 Å². The quantitative estimate of drug-likeness (QED) is 0.570. The molecule has 0 aromatic carbocycles. The SMILES string of the molecule is C=C(CNCC1(CO)CCCC1)C(=O)O. The number of hydrogen-bond donors (Lipinski definition) is 3. The van der Waals surface area contributed by atoms with Crippen molar-refractivity contribution in [2.24, 2.45) is 5.41 Å². The largest absolute Gasteiger partial charge is 0.478 e. The highest BCUT2D eigenvalue weighted by Crippen LogP contribution is 2.36. The van der Waals surface area contributed by atoms with Crippen LogP contribution in [0, 0.1) is 5.41 Å². The van der Waals surface area contributed by atoms with Crippen LogP contribution in [0.4, 0.5) is 0 Å². The Labute approximate surface area is 90.0 Å². The Morgan fingerprint density at radius 3 is 2.47 bits per heavy atom. The van der Waals surface area contributed by atoms with Crippen LogP contribution in [0.1, 0.15) is 25.7 Å². The fourth-order valence-electron chi connectivity index (χ4n) is 2.07. The van der Waals surface area contributed by atoms with Gasteiger partial charge in [-0.1, -0.05) is 19.4 Å². The molecular weight excluding hydrogens is 194 g/mol. The van der Waals surface area contributed by atoms with Crippen molar-refractivity contribution in [1.82, 2.24) is 5.32 Å². The van der Waals surface area contributed by atoms with E-state index in [1.54, 1.807) is 0 Å². The first-order valence-electron chi connectivity index (χ1n) is 5.32. The van der Waals surface area contributed by atoms with Gasteiger partial charge in [0.05, 0.1) is 0 Å². The summed E-state index contributed by atoms with van der Waals surface area (Å²) in [6, 6.07) is 0. The lowest BCUT2D eigenvalue weighted by molar-refractivity contribution is -0.132. The van der Waals surface area contributed by atoms with Crippen LogP contribution in [-0.2, 0) is 4.79 Å². The molecule has 0 aromatic heterocycles. The number of aliphatic hydroxyl groups excluding tert-OH is 1. The summed E-state index contributed by atoms with van der Waals surface area (Å²) in [5.41, 5.74) is 0.139. The Hall–Kier alpha value is -0.870. The van der Waals surface area contributed by atoms with Crippen LogP contribution in [0.15, 0.2) is 12.2 Å². The maximum Gasteiger partial charge on any atom is 0.332 e. The Balaban J connectivity index is 2.29. The van der Waals surface area contributed by atoms with E-state index in [2.05, 4.69) is 11.9 Å². The molecule has 4 nitrogen and oxygen atoms in total. The van der Waals surface area contributed by atoms with Crippen molar-refractivity contribution in [2.45, 2.75) is 25.7 Å². The number of aliphatic hydroxyl groups is 1. The van der Waals surface area contributed by atoms with Gasteiger partial charge in [0.2, 0.25) is 0 Å². The van der Waals surface area contributed by atoms with Crippen molar-refractivity contribution < 1.29 is 15.0 Å². The van der Waals surface area contributed by atoms with Crippen molar-refractivity contribution >= 4 is 5.97 Å². The fourth-order valence-corrected chi connectivity index (χ4v) is 2.07. The van der Waals surface area contributed by atoms with Gasteiger partial charge in [-0.2, -0.15) is 0 Å². The van der Waals surface area contributed by atoms with E-state index < -0.39 is 5.97 Å². The maximum atomic E-state index is 10.5. The lowest BCUT2D eigenvalue weighted by Crippen LogP contribution is -2.36. The molecule has 0 amide bonds. The van der Waals surface area contributed by atoms with Crippen LogP contribution < -0.4 is 5.32 Å². The van der Waals surface area contributed by atoms with Gasteiger partial charge in [0.1, 0.15) is 0 Å². The molecule has 3 N–H and O–H groups in total. The summed E-state index contributed by atoms with van der Waals surface area (Å²) in [6.45, 7) is 4.59. The number of carbonyl (C=O) groups is 1. The van der Waals surface area contributed by atoms with E-state index in [-0.39, 0.29) is 24.1 Å². The van der Waals surface area contributed by atoms with Crippen molar-refractivity contribution in [3.05, 3.63) is 12.2 Å². The molecule has 0 atom stereocenters. The van der Waals surface area contributed by atoms with E-state index in [0.717, 1.165) is 25.7 Å². The molecule has 0 radical (unpaired) electrons. The summed E-state index contributed by atoms with van der Waals surface area (Å²) < 4.78 is 0. The maximum absolute atomic E-state index is 10.5. The molecule has 0 bridgehead atoms. The molecule has 4 heteroatoms. The molecule has 15 heavy (non-hydrogen) atoms. The fraction of sp³-hybridized carbons (Fsp3) is 0.727. The third-order valence-electron chi connectivity index (χ3n) is 3.14. The minimum atomic E-state index is -0.966. The zero-order valence-electron chi connectivity index (χ0n) is 8.96. The molecular formula is C11H19NO3. The topological polar surface area (TPSA) is 69.6 Å². The average Bonchev–Trinajstić information content (AvgIpc) is 2.67. The Morgan fingerprint density at radius 1 is 1.40 bits per heavy atom. The molecule has 86 valence electrons. The number of carboxylic acid groups (broad SMARTS) is 1. The van der Waals surface area contributed by atoms with Crippen molar-refractivity contribution in [3.63, 3.8) is 0 Å². The average molecular weight is 213 g/mol. The second-order valence-corrected chi connectivity index (χ2v) is 4.38. The smallest absolute Gasteiger partial charge is 0.332 e. The summed E-state index contributed by atoms with van der Waals surface area (Å²) in [6.07, 6.45) is 4.36. The number of nitrogens with one attached hydrogen (secondary N) is 1. The third-order valence-corrected chi connectivity index (χ3v) is 3.14. The summed E-state index contributed by atoms with van der Waals surface area (Å²) >= 11 is 0. The van der Waals surface area contributed by atoms with Gasteiger partial charge < -0.3 is 15.5 Å². The lowest BCUT2D eigenvalue weighted by Gasteiger charge is -2.26. The highest BCUT2D eigenvalue weighted by Gasteiger charge is 2.32. The molecule has 0 heterocycles.